The van der Waals surface area contributed by atoms with E-state index in [1.54, 1.807) is 0 Å². The van der Waals surface area contributed by atoms with Gasteiger partial charge in [0.15, 0.2) is 17.2 Å². The van der Waals surface area contributed by atoms with E-state index in [1.807, 2.05) is 29.2 Å². The molecule has 0 spiro atoms. The highest BCUT2D eigenvalue weighted by Crippen LogP contribution is 2.37. The van der Waals surface area contributed by atoms with Crippen LogP contribution in [-0.2, 0) is 0 Å². The Hall–Kier alpha value is -3.23. The van der Waals surface area contributed by atoms with Crippen LogP contribution in [0.5, 0.6) is 5.75 Å². The molecule has 1 aromatic heterocycles. The van der Waals surface area contributed by atoms with Crippen molar-refractivity contribution in [2.24, 2.45) is 0 Å². The van der Waals surface area contributed by atoms with Crippen molar-refractivity contribution in [3.63, 3.8) is 0 Å². The summed E-state index contributed by atoms with van der Waals surface area (Å²) in [6.07, 6.45) is 1.44. The van der Waals surface area contributed by atoms with Crippen LogP contribution in [0.25, 0.3) is 11.1 Å². The molecule has 7 nitrogen and oxygen atoms in total. The maximum Gasteiger partial charge on any atom is 0.387 e. The molecule has 0 N–H and O–H groups in total. The number of halogens is 2. The summed E-state index contributed by atoms with van der Waals surface area (Å²) in [5.41, 5.74) is 1.67. The predicted octanol–water partition coefficient (Wildman–Crippen LogP) is 4.72. The van der Waals surface area contributed by atoms with Gasteiger partial charge in [0.1, 0.15) is 5.52 Å². The minimum atomic E-state index is -3.06. The summed E-state index contributed by atoms with van der Waals surface area (Å²) in [5, 5.41) is 10.9. The highest BCUT2D eigenvalue weighted by atomic mass is 19.3. The SMILES string of the molecule is O=[N+]([O-])c1ccc(N2CCC(c3nc4ccccc4o3)CC2)c(OC(F)F)c1. The van der Waals surface area contributed by atoms with E-state index in [1.165, 1.54) is 12.1 Å². The quantitative estimate of drug-likeness (QED) is 0.464. The zero-order valence-electron chi connectivity index (χ0n) is 14.8. The van der Waals surface area contributed by atoms with Gasteiger partial charge in [0.25, 0.3) is 5.69 Å². The van der Waals surface area contributed by atoms with Gasteiger partial charge < -0.3 is 14.1 Å². The molecule has 1 aliphatic heterocycles. The number of fused-ring (bicyclic) bond motifs is 1. The molecule has 0 radical (unpaired) electrons. The van der Waals surface area contributed by atoms with Crippen molar-refractivity contribution in [3.8, 4) is 5.75 Å². The molecule has 1 aliphatic rings. The van der Waals surface area contributed by atoms with Gasteiger partial charge in [0, 0.05) is 25.1 Å². The molecule has 146 valence electrons. The fourth-order valence-electron chi connectivity index (χ4n) is 3.50. The Morgan fingerprint density at radius 3 is 2.64 bits per heavy atom. The van der Waals surface area contributed by atoms with Crippen molar-refractivity contribution in [2.45, 2.75) is 25.4 Å². The van der Waals surface area contributed by atoms with Crippen LogP contribution >= 0.6 is 0 Å². The van der Waals surface area contributed by atoms with E-state index < -0.39 is 11.5 Å². The van der Waals surface area contributed by atoms with Gasteiger partial charge in [-0.3, -0.25) is 10.1 Å². The zero-order chi connectivity index (χ0) is 19.7. The molecule has 0 bridgehead atoms. The lowest BCUT2D eigenvalue weighted by Gasteiger charge is -2.33. The average Bonchev–Trinajstić information content (AvgIpc) is 3.12. The molecule has 1 fully saturated rings. The number of nitro benzene ring substituents is 1. The van der Waals surface area contributed by atoms with Gasteiger partial charge in [-0.1, -0.05) is 12.1 Å². The molecule has 0 aliphatic carbocycles. The van der Waals surface area contributed by atoms with Crippen LogP contribution in [0.4, 0.5) is 20.2 Å². The van der Waals surface area contributed by atoms with E-state index in [0.29, 0.717) is 24.7 Å². The lowest BCUT2D eigenvalue weighted by Crippen LogP contribution is -2.33. The van der Waals surface area contributed by atoms with E-state index in [9.17, 15) is 18.9 Å². The highest BCUT2D eigenvalue weighted by Gasteiger charge is 2.27. The second kappa shape index (κ2) is 7.41. The number of piperidine rings is 1. The Balaban J connectivity index is 1.52. The summed E-state index contributed by atoms with van der Waals surface area (Å²) in [6.45, 7) is -1.92. The number of anilines is 1. The Kier molecular flexibility index (Phi) is 4.81. The third-order valence-electron chi connectivity index (χ3n) is 4.87. The molecule has 3 aromatic rings. The Bertz CT molecular complexity index is 967. The van der Waals surface area contributed by atoms with E-state index >= 15 is 0 Å². The Morgan fingerprint density at radius 2 is 1.96 bits per heavy atom. The third-order valence-corrected chi connectivity index (χ3v) is 4.87. The van der Waals surface area contributed by atoms with Crippen LogP contribution in [0.3, 0.4) is 0 Å². The first-order valence-electron chi connectivity index (χ1n) is 8.85. The molecule has 0 amide bonds. The van der Waals surface area contributed by atoms with Gasteiger partial charge in [0.05, 0.1) is 16.7 Å². The largest absolute Gasteiger partial charge is 0.440 e. The number of nitro groups is 1. The fourth-order valence-corrected chi connectivity index (χ4v) is 3.50. The van der Waals surface area contributed by atoms with E-state index in [-0.39, 0.29) is 17.4 Å². The number of oxazole rings is 1. The summed E-state index contributed by atoms with van der Waals surface area (Å²) in [6, 6.07) is 11.3. The van der Waals surface area contributed by atoms with Crippen LogP contribution < -0.4 is 9.64 Å². The van der Waals surface area contributed by atoms with Crippen molar-refractivity contribution in [1.29, 1.82) is 0 Å². The smallest absolute Gasteiger partial charge is 0.387 e. The summed E-state index contributed by atoms with van der Waals surface area (Å²) in [5.74, 6) is 0.610. The van der Waals surface area contributed by atoms with Gasteiger partial charge in [-0.05, 0) is 31.0 Å². The standard InChI is InChI=1S/C19H17F2N3O4/c20-19(21)28-17-11-13(24(25)26)5-6-15(17)23-9-7-12(8-10-23)18-22-14-3-1-2-4-16(14)27-18/h1-6,11-12,19H,7-10H2. The van der Waals surface area contributed by atoms with Crippen LogP contribution in [0.15, 0.2) is 46.9 Å². The summed E-state index contributed by atoms with van der Waals surface area (Å²) in [7, 11) is 0. The molecule has 2 aromatic carbocycles. The number of hydrogen-bond donors (Lipinski definition) is 0. The number of nitrogens with zero attached hydrogens (tertiary/aromatic N) is 3. The number of non-ortho nitro benzene ring substituents is 1. The number of rotatable bonds is 5. The van der Waals surface area contributed by atoms with Crippen LogP contribution in [0, 0.1) is 10.1 Å². The maximum atomic E-state index is 12.8. The van der Waals surface area contributed by atoms with Crippen molar-refractivity contribution in [3.05, 3.63) is 58.5 Å². The van der Waals surface area contributed by atoms with Gasteiger partial charge >= 0.3 is 6.61 Å². The monoisotopic (exact) mass is 389 g/mol. The Labute approximate surface area is 158 Å². The number of alkyl halides is 2. The first-order chi connectivity index (χ1) is 13.5. The van der Waals surface area contributed by atoms with Crippen LogP contribution in [-0.4, -0.2) is 29.6 Å². The lowest BCUT2D eigenvalue weighted by molar-refractivity contribution is -0.385. The first kappa shape index (κ1) is 18.1. The molecule has 0 atom stereocenters. The molecule has 2 heterocycles. The summed E-state index contributed by atoms with van der Waals surface area (Å²) < 4.78 is 35.9. The minimum absolute atomic E-state index is 0.126. The normalized spacial score (nSPS) is 15.3. The molecule has 28 heavy (non-hydrogen) atoms. The van der Waals surface area contributed by atoms with Gasteiger partial charge in [-0.2, -0.15) is 8.78 Å². The van der Waals surface area contributed by atoms with Crippen LogP contribution in [0.2, 0.25) is 0 Å². The van der Waals surface area contributed by atoms with E-state index in [4.69, 9.17) is 4.42 Å². The molecule has 9 heteroatoms. The zero-order valence-corrected chi connectivity index (χ0v) is 14.8. The number of benzene rings is 2. The topological polar surface area (TPSA) is 81.6 Å². The average molecular weight is 389 g/mol. The fraction of sp³-hybridized carbons (Fsp3) is 0.316. The molecule has 0 saturated carbocycles. The minimum Gasteiger partial charge on any atom is -0.440 e. The molecular weight excluding hydrogens is 372 g/mol. The first-order valence-corrected chi connectivity index (χ1v) is 8.85. The predicted molar refractivity (Wildman–Crippen MR) is 97.9 cm³/mol. The highest BCUT2D eigenvalue weighted by molar-refractivity contribution is 5.72. The second-order valence-corrected chi connectivity index (χ2v) is 6.57. The van der Waals surface area contributed by atoms with Gasteiger partial charge in [0.2, 0.25) is 0 Å². The van der Waals surface area contributed by atoms with Crippen molar-refractivity contribution < 1.29 is 22.9 Å². The second-order valence-electron chi connectivity index (χ2n) is 6.57. The molecular formula is C19H17F2N3O4. The lowest BCUT2D eigenvalue weighted by atomic mass is 9.96. The van der Waals surface area contributed by atoms with Gasteiger partial charge in [-0.25, -0.2) is 4.98 Å². The molecule has 0 unspecified atom stereocenters. The van der Waals surface area contributed by atoms with Gasteiger partial charge in [-0.15, -0.1) is 0 Å². The third kappa shape index (κ3) is 3.60. The number of para-hydroxylation sites is 2. The maximum absolute atomic E-state index is 12.8. The molecule has 4 rings (SSSR count). The summed E-state index contributed by atoms with van der Waals surface area (Å²) in [4.78, 5) is 16.7. The van der Waals surface area contributed by atoms with Crippen molar-refractivity contribution >= 4 is 22.5 Å². The van der Waals surface area contributed by atoms with Crippen LogP contribution in [0.1, 0.15) is 24.7 Å². The van der Waals surface area contributed by atoms with E-state index in [2.05, 4.69) is 9.72 Å². The number of aromatic nitrogens is 1. The number of ether oxygens (including phenoxy) is 1. The number of hydrogen-bond acceptors (Lipinski definition) is 6. The van der Waals surface area contributed by atoms with E-state index in [0.717, 1.165) is 30.0 Å². The van der Waals surface area contributed by atoms with Crippen molar-refractivity contribution in [2.75, 3.05) is 18.0 Å². The Morgan fingerprint density at radius 1 is 1.21 bits per heavy atom. The van der Waals surface area contributed by atoms with Crippen molar-refractivity contribution in [1.82, 2.24) is 4.98 Å². The summed E-state index contributed by atoms with van der Waals surface area (Å²) >= 11 is 0. The molecule has 1 saturated heterocycles.